The van der Waals surface area contributed by atoms with E-state index in [2.05, 4.69) is 36.9 Å². The van der Waals surface area contributed by atoms with Gasteiger partial charge in [-0.15, -0.1) is 0 Å². The van der Waals surface area contributed by atoms with Gasteiger partial charge in [-0.1, -0.05) is 27.5 Å². The topological polar surface area (TPSA) is 29.9 Å². The van der Waals surface area contributed by atoms with Crippen molar-refractivity contribution in [1.29, 1.82) is 0 Å². The van der Waals surface area contributed by atoms with Gasteiger partial charge in [0.2, 0.25) is 0 Å². The summed E-state index contributed by atoms with van der Waals surface area (Å²) in [5.41, 5.74) is 1.12. The molecule has 0 fully saturated rings. The van der Waals surface area contributed by atoms with Gasteiger partial charge in [0.15, 0.2) is 0 Å². The first-order valence-electron chi connectivity index (χ1n) is 6.20. The van der Waals surface area contributed by atoms with Crippen molar-refractivity contribution in [3.63, 3.8) is 0 Å². The maximum absolute atomic E-state index is 6.28. The summed E-state index contributed by atoms with van der Waals surface area (Å²) in [7, 11) is 3.98. The number of aryl methyl sites for hydroxylation is 2. The van der Waals surface area contributed by atoms with E-state index in [4.69, 9.17) is 11.6 Å². The Hall–Kier alpha value is -0.840. The summed E-state index contributed by atoms with van der Waals surface area (Å²) < 4.78 is 3.10. The molecule has 2 aromatic rings. The molecule has 1 heterocycles. The number of nitrogens with one attached hydrogen (secondary N) is 1. The Labute approximate surface area is 127 Å². The number of halogens is 2. The molecule has 0 saturated heterocycles. The lowest BCUT2D eigenvalue weighted by atomic mass is 10.0. The number of hydrogen-bond acceptors (Lipinski definition) is 2. The predicted octanol–water partition coefficient (Wildman–Crippen LogP) is 3.73. The van der Waals surface area contributed by atoms with E-state index in [0.29, 0.717) is 0 Å². The van der Waals surface area contributed by atoms with Crippen LogP contribution < -0.4 is 5.32 Å². The second kappa shape index (κ2) is 6.55. The van der Waals surface area contributed by atoms with E-state index in [9.17, 15) is 0 Å². The van der Waals surface area contributed by atoms with E-state index in [1.807, 2.05) is 38.6 Å². The molecule has 1 aromatic heterocycles. The fraction of sp³-hybridized carbons (Fsp3) is 0.357. The molecule has 0 radical (unpaired) electrons. The van der Waals surface area contributed by atoms with Gasteiger partial charge in [-0.3, -0.25) is 0 Å². The first kappa shape index (κ1) is 14.6. The standard InChI is InChI=1S/C14H17BrClN3/c1-17-13(5-6-14-18-7-8-19(14)2)11-9-10(15)3-4-12(11)16/h3-4,7-9,13,17H,5-6H2,1-2H3. The first-order valence-corrected chi connectivity index (χ1v) is 7.37. The van der Waals surface area contributed by atoms with Crippen molar-refractivity contribution in [1.82, 2.24) is 14.9 Å². The third kappa shape index (κ3) is 3.59. The Morgan fingerprint density at radius 2 is 2.26 bits per heavy atom. The molecule has 1 unspecified atom stereocenters. The molecule has 0 aliphatic rings. The minimum absolute atomic E-state index is 0.224. The Balaban J connectivity index is 2.12. The van der Waals surface area contributed by atoms with E-state index in [1.165, 1.54) is 0 Å². The van der Waals surface area contributed by atoms with Crippen LogP contribution in [0.3, 0.4) is 0 Å². The maximum Gasteiger partial charge on any atom is 0.108 e. The zero-order valence-corrected chi connectivity index (χ0v) is 13.4. The number of rotatable bonds is 5. The number of hydrogen-bond donors (Lipinski definition) is 1. The molecule has 2 rings (SSSR count). The largest absolute Gasteiger partial charge is 0.338 e. The van der Waals surface area contributed by atoms with E-state index in [1.54, 1.807) is 0 Å². The fourth-order valence-corrected chi connectivity index (χ4v) is 2.78. The average Bonchev–Trinajstić information content (AvgIpc) is 2.80. The molecule has 5 heteroatoms. The molecule has 0 bridgehead atoms. The van der Waals surface area contributed by atoms with Gasteiger partial charge < -0.3 is 9.88 Å². The second-order valence-corrected chi connectivity index (χ2v) is 5.82. The molecule has 1 N–H and O–H groups in total. The van der Waals surface area contributed by atoms with Crippen molar-refractivity contribution in [3.05, 3.63) is 51.5 Å². The summed E-state index contributed by atoms with van der Waals surface area (Å²) >= 11 is 9.77. The summed E-state index contributed by atoms with van der Waals surface area (Å²) in [4.78, 5) is 4.35. The van der Waals surface area contributed by atoms with Crippen LogP contribution in [0.15, 0.2) is 35.1 Å². The molecule has 102 valence electrons. The molecule has 1 aromatic carbocycles. The van der Waals surface area contributed by atoms with E-state index < -0.39 is 0 Å². The molecular weight excluding hydrogens is 326 g/mol. The van der Waals surface area contributed by atoms with Crippen molar-refractivity contribution in [2.45, 2.75) is 18.9 Å². The molecule has 0 spiro atoms. The van der Waals surface area contributed by atoms with Gasteiger partial charge in [0.05, 0.1) is 0 Å². The third-order valence-corrected chi connectivity index (χ3v) is 4.10. The highest BCUT2D eigenvalue weighted by Crippen LogP contribution is 2.28. The van der Waals surface area contributed by atoms with E-state index >= 15 is 0 Å². The minimum atomic E-state index is 0.224. The van der Waals surface area contributed by atoms with Gasteiger partial charge in [0.1, 0.15) is 5.82 Å². The zero-order valence-electron chi connectivity index (χ0n) is 11.0. The van der Waals surface area contributed by atoms with E-state index in [-0.39, 0.29) is 6.04 Å². The van der Waals surface area contributed by atoms with Crippen LogP contribution in [0.2, 0.25) is 5.02 Å². The lowest BCUT2D eigenvalue weighted by Crippen LogP contribution is -2.18. The molecule has 19 heavy (non-hydrogen) atoms. The molecule has 0 aliphatic heterocycles. The first-order chi connectivity index (χ1) is 9.11. The SMILES string of the molecule is CNC(CCc1nccn1C)c1cc(Br)ccc1Cl. The minimum Gasteiger partial charge on any atom is -0.338 e. The van der Waals surface area contributed by atoms with Gasteiger partial charge in [-0.05, 0) is 37.2 Å². The summed E-state index contributed by atoms with van der Waals surface area (Å²) in [5.74, 6) is 1.09. The fourth-order valence-electron chi connectivity index (χ4n) is 2.15. The number of nitrogens with zero attached hydrogens (tertiary/aromatic N) is 2. The third-order valence-electron chi connectivity index (χ3n) is 3.26. The summed E-state index contributed by atoms with van der Waals surface area (Å²) in [6.07, 6.45) is 5.67. The van der Waals surface area contributed by atoms with Gasteiger partial charge >= 0.3 is 0 Å². The van der Waals surface area contributed by atoms with Gasteiger partial charge in [-0.25, -0.2) is 4.98 Å². The monoisotopic (exact) mass is 341 g/mol. The molecule has 0 aliphatic carbocycles. The van der Waals surface area contributed by atoms with Crippen LogP contribution in [0.5, 0.6) is 0 Å². The number of benzene rings is 1. The number of imidazole rings is 1. The quantitative estimate of drug-likeness (QED) is 0.897. The van der Waals surface area contributed by atoms with Crippen LogP contribution in [-0.4, -0.2) is 16.6 Å². The molecule has 0 amide bonds. The Bertz CT molecular complexity index is 553. The maximum atomic E-state index is 6.28. The highest BCUT2D eigenvalue weighted by atomic mass is 79.9. The van der Waals surface area contributed by atoms with Crippen molar-refractivity contribution in [3.8, 4) is 0 Å². The lowest BCUT2D eigenvalue weighted by Gasteiger charge is -2.18. The van der Waals surface area contributed by atoms with E-state index in [0.717, 1.165) is 33.7 Å². The zero-order chi connectivity index (χ0) is 13.8. The van der Waals surface area contributed by atoms with Gasteiger partial charge in [0.25, 0.3) is 0 Å². The highest BCUT2D eigenvalue weighted by Gasteiger charge is 2.14. The lowest BCUT2D eigenvalue weighted by molar-refractivity contribution is 0.536. The van der Waals surface area contributed by atoms with Gasteiger partial charge in [-0.2, -0.15) is 0 Å². The summed E-state index contributed by atoms with van der Waals surface area (Å²) in [6.45, 7) is 0. The van der Waals surface area contributed by atoms with Crippen LogP contribution in [0, 0.1) is 0 Å². The Kier molecular flexibility index (Phi) is 5.02. The molecular formula is C14H17BrClN3. The van der Waals surface area contributed by atoms with Crippen LogP contribution >= 0.6 is 27.5 Å². The Morgan fingerprint density at radius 3 is 2.89 bits per heavy atom. The Morgan fingerprint density at radius 1 is 1.47 bits per heavy atom. The molecule has 3 nitrogen and oxygen atoms in total. The van der Waals surface area contributed by atoms with Crippen LogP contribution in [0.4, 0.5) is 0 Å². The average molecular weight is 343 g/mol. The van der Waals surface area contributed by atoms with Crippen molar-refractivity contribution >= 4 is 27.5 Å². The molecule has 0 saturated carbocycles. The van der Waals surface area contributed by atoms with Crippen molar-refractivity contribution < 1.29 is 0 Å². The highest BCUT2D eigenvalue weighted by molar-refractivity contribution is 9.10. The normalized spacial score (nSPS) is 12.6. The summed E-state index contributed by atoms with van der Waals surface area (Å²) in [5, 5.41) is 4.12. The van der Waals surface area contributed by atoms with Crippen LogP contribution in [0.1, 0.15) is 23.9 Å². The van der Waals surface area contributed by atoms with Crippen molar-refractivity contribution in [2.75, 3.05) is 7.05 Å². The smallest absolute Gasteiger partial charge is 0.108 e. The number of aromatic nitrogens is 2. The second-order valence-electron chi connectivity index (χ2n) is 4.50. The summed E-state index contributed by atoms with van der Waals surface area (Å²) in [6, 6.07) is 6.17. The van der Waals surface area contributed by atoms with Crippen LogP contribution in [-0.2, 0) is 13.5 Å². The molecule has 1 atom stereocenters. The van der Waals surface area contributed by atoms with Gasteiger partial charge in [0, 0.05) is 41.4 Å². The van der Waals surface area contributed by atoms with Crippen LogP contribution in [0.25, 0.3) is 0 Å². The predicted molar refractivity (Wildman–Crippen MR) is 82.5 cm³/mol. The van der Waals surface area contributed by atoms with Crippen molar-refractivity contribution in [2.24, 2.45) is 7.05 Å².